The molecule has 0 unspecified atom stereocenters. The van der Waals surface area contributed by atoms with Crippen molar-refractivity contribution >= 4 is 23.4 Å². The zero-order valence-electron chi connectivity index (χ0n) is 19.1. The monoisotopic (exact) mass is 503 g/mol. The molecule has 1 atom stereocenters. The molecule has 2 N–H and O–H groups in total. The molecule has 11 heteroatoms. The minimum absolute atomic E-state index is 0. The summed E-state index contributed by atoms with van der Waals surface area (Å²) in [5.41, 5.74) is 0.273. The van der Waals surface area contributed by atoms with Crippen LogP contribution in [0.3, 0.4) is 0 Å². The maximum absolute atomic E-state index is 14.8. The molecule has 0 spiro atoms. The molecular weight excluding hydrogens is 477 g/mol. The van der Waals surface area contributed by atoms with E-state index >= 15 is 0 Å². The van der Waals surface area contributed by atoms with Crippen molar-refractivity contribution < 1.29 is 19.0 Å². The Morgan fingerprint density at radius 3 is 2.71 bits per heavy atom. The van der Waals surface area contributed by atoms with Gasteiger partial charge in [0.1, 0.15) is 24.6 Å². The van der Waals surface area contributed by atoms with Crippen LogP contribution in [0.25, 0.3) is 11.0 Å². The molecule has 6 heterocycles. The number of aliphatic hydroxyl groups is 1. The van der Waals surface area contributed by atoms with E-state index in [1.807, 2.05) is 6.07 Å². The lowest BCUT2D eigenvalue weighted by Crippen LogP contribution is -2.48. The van der Waals surface area contributed by atoms with Crippen molar-refractivity contribution in [1.29, 1.82) is 0 Å². The van der Waals surface area contributed by atoms with Gasteiger partial charge in [0.2, 0.25) is 0 Å². The summed E-state index contributed by atoms with van der Waals surface area (Å²) in [6.07, 6.45) is 4.61. The molecule has 9 nitrogen and oxygen atoms in total. The molecule has 1 saturated heterocycles. The molecule has 1 fully saturated rings. The van der Waals surface area contributed by atoms with E-state index in [2.05, 4.69) is 20.2 Å². The highest BCUT2D eigenvalue weighted by molar-refractivity contribution is 5.85. The van der Waals surface area contributed by atoms with Gasteiger partial charge in [0.05, 0.1) is 41.2 Å². The number of hydrogen-bond acceptors (Lipinski definition) is 8. The number of piperidine rings is 1. The third-order valence-electron chi connectivity index (χ3n) is 6.97. The fourth-order valence-corrected chi connectivity index (χ4v) is 5.31. The minimum Gasteiger partial charge on any atom is -0.486 e. The van der Waals surface area contributed by atoms with Crippen LogP contribution in [-0.2, 0) is 18.7 Å². The van der Waals surface area contributed by atoms with Crippen LogP contribution in [0.4, 0.5) is 4.39 Å². The molecule has 3 aromatic heterocycles. The van der Waals surface area contributed by atoms with Crippen LogP contribution in [-0.4, -0.2) is 63.4 Å². The number of hydrogen-bond donors (Lipinski definition) is 2. The number of nitrogens with zero attached hydrogens (tertiary/aromatic N) is 4. The predicted molar refractivity (Wildman–Crippen MR) is 129 cm³/mol. The first kappa shape index (κ1) is 23.9. The van der Waals surface area contributed by atoms with Crippen molar-refractivity contribution in [2.75, 3.05) is 32.8 Å². The molecule has 3 aliphatic rings. The maximum Gasteiger partial charge on any atom is 0.251 e. The zero-order valence-corrected chi connectivity index (χ0v) is 19.9. The van der Waals surface area contributed by atoms with Gasteiger partial charge in [-0.05, 0) is 32.0 Å². The van der Waals surface area contributed by atoms with E-state index in [1.54, 1.807) is 12.3 Å². The largest absolute Gasteiger partial charge is 0.486 e. The number of halogens is 2. The SMILES string of the molecule is Cl.O=c1ccc2ncc(F)c3c2n1C[C@@]3(O)CN1CCC(NCc2cc3c(cn2)OCCO3)CC1. The van der Waals surface area contributed by atoms with Gasteiger partial charge in [0, 0.05) is 31.3 Å². The smallest absolute Gasteiger partial charge is 0.251 e. The predicted octanol–water partition coefficient (Wildman–Crippen LogP) is 1.58. The summed E-state index contributed by atoms with van der Waals surface area (Å²) in [5.74, 6) is 0.839. The van der Waals surface area contributed by atoms with Crippen LogP contribution in [0.2, 0.25) is 0 Å². The van der Waals surface area contributed by atoms with Crippen molar-refractivity contribution in [1.82, 2.24) is 24.8 Å². The van der Waals surface area contributed by atoms with Crippen molar-refractivity contribution in [2.24, 2.45) is 0 Å². The van der Waals surface area contributed by atoms with Gasteiger partial charge in [-0.1, -0.05) is 0 Å². The Labute approximate surface area is 207 Å². The van der Waals surface area contributed by atoms with Crippen LogP contribution >= 0.6 is 12.4 Å². The molecule has 6 rings (SSSR count). The number of rotatable bonds is 5. The topological polar surface area (TPSA) is 102 Å². The van der Waals surface area contributed by atoms with E-state index < -0.39 is 11.4 Å². The Balaban J connectivity index is 0.00000253. The molecule has 3 aromatic rings. The molecule has 0 saturated carbocycles. The summed E-state index contributed by atoms with van der Waals surface area (Å²) in [6, 6.07) is 5.22. The van der Waals surface area contributed by atoms with Gasteiger partial charge in [-0.25, -0.2) is 4.39 Å². The Hall–Kier alpha value is -2.79. The maximum atomic E-state index is 14.8. The fourth-order valence-electron chi connectivity index (χ4n) is 5.31. The van der Waals surface area contributed by atoms with Gasteiger partial charge < -0.3 is 24.5 Å². The normalized spacial score (nSPS) is 21.8. The van der Waals surface area contributed by atoms with E-state index in [0.717, 1.165) is 43.6 Å². The lowest BCUT2D eigenvalue weighted by molar-refractivity contribution is -0.0159. The lowest BCUT2D eigenvalue weighted by atomic mass is 9.93. The number of fused-ring (bicyclic) bond motifs is 1. The van der Waals surface area contributed by atoms with E-state index in [9.17, 15) is 14.3 Å². The summed E-state index contributed by atoms with van der Waals surface area (Å²) in [6.45, 7) is 3.54. The molecule has 35 heavy (non-hydrogen) atoms. The van der Waals surface area contributed by atoms with Gasteiger partial charge >= 0.3 is 0 Å². The van der Waals surface area contributed by atoms with Gasteiger partial charge in [0.25, 0.3) is 5.56 Å². The number of β-amino-alcohol motifs (C(OH)–C–C–N with tert-alkyl or cyclic N) is 1. The molecule has 3 aliphatic heterocycles. The number of aromatic nitrogens is 3. The second-order valence-electron chi connectivity index (χ2n) is 9.25. The summed E-state index contributed by atoms with van der Waals surface area (Å²) in [5, 5.41) is 15.0. The first-order valence-corrected chi connectivity index (χ1v) is 11.6. The standard InChI is InChI=1S/C24H26FN5O4.ClH/c25-17-11-28-18-1-2-21(31)30-14-24(32,22(17)23(18)30)13-29-5-3-15(4-6-29)26-10-16-9-19-20(12-27-16)34-8-7-33-19;/h1-2,9,11-12,15,26,32H,3-8,10,13-14H2;1H/t24-;/m0./s1. The number of nitrogens with one attached hydrogen (secondary N) is 1. The molecule has 186 valence electrons. The second kappa shape index (κ2) is 9.34. The number of likely N-dealkylation sites (tertiary alicyclic amines) is 1. The number of pyridine rings is 3. The molecule has 0 aliphatic carbocycles. The first-order valence-electron chi connectivity index (χ1n) is 11.6. The fraction of sp³-hybridized carbons (Fsp3) is 0.458. The highest BCUT2D eigenvalue weighted by Crippen LogP contribution is 2.38. The van der Waals surface area contributed by atoms with Crippen LogP contribution in [0.15, 0.2) is 35.4 Å². The van der Waals surface area contributed by atoms with E-state index in [-0.39, 0.29) is 36.6 Å². The highest BCUT2D eigenvalue weighted by Gasteiger charge is 2.43. The summed E-state index contributed by atoms with van der Waals surface area (Å²) in [7, 11) is 0. The van der Waals surface area contributed by atoms with E-state index in [1.165, 1.54) is 10.6 Å². The molecule has 0 aromatic carbocycles. The summed E-state index contributed by atoms with van der Waals surface area (Å²) >= 11 is 0. The van der Waals surface area contributed by atoms with Gasteiger partial charge in [-0.3, -0.25) is 19.7 Å². The van der Waals surface area contributed by atoms with E-state index in [4.69, 9.17) is 9.47 Å². The zero-order chi connectivity index (χ0) is 23.3. The van der Waals surface area contributed by atoms with Crippen molar-refractivity contribution in [3.8, 4) is 11.5 Å². The summed E-state index contributed by atoms with van der Waals surface area (Å²) in [4.78, 5) is 23.0. The van der Waals surface area contributed by atoms with Gasteiger partial charge in [-0.2, -0.15) is 0 Å². The minimum atomic E-state index is -1.46. The third kappa shape index (κ3) is 4.35. The van der Waals surface area contributed by atoms with Crippen LogP contribution < -0.4 is 20.3 Å². The Morgan fingerprint density at radius 1 is 1.14 bits per heavy atom. The molecule has 0 bridgehead atoms. The molecule has 0 radical (unpaired) electrons. The lowest BCUT2D eigenvalue weighted by Gasteiger charge is -2.37. The molecular formula is C24H27ClFN5O4. The average molecular weight is 504 g/mol. The van der Waals surface area contributed by atoms with Crippen molar-refractivity contribution in [3.05, 3.63) is 58.0 Å². The van der Waals surface area contributed by atoms with Gasteiger partial charge in [-0.15, -0.1) is 12.4 Å². The Bertz CT molecular complexity index is 1310. The van der Waals surface area contributed by atoms with Crippen LogP contribution in [0.1, 0.15) is 24.1 Å². The van der Waals surface area contributed by atoms with Crippen LogP contribution in [0.5, 0.6) is 11.5 Å². The summed E-state index contributed by atoms with van der Waals surface area (Å²) < 4.78 is 27.4. The van der Waals surface area contributed by atoms with Crippen LogP contribution in [0, 0.1) is 5.82 Å². The molecule has 0 amide bonds. The highest BCUT2D eigenvalue weighted by atomic mass is 35.5. The second-order valence-corrected chi connectivity index (χ2v) is 9.25. The Kier molecular flexibility index (Phi) is 6.39. The Morgan fingerprint density at radius 2 is 1.91 bits per heavy atom. The first-order chi connectivity index (χ1) is 16.5. The van der Waals surface area contributed by atoms with Crippen molar-refractivity contribution in [3.63, 3.8) is 0 Å². The van der Waals surface area contributed by atoms with E-state index in [0.29, 0.717) is 42.6 Å². The quantitative estimate of drug-likeness (QED) is 0.541. The van der Waals surface area contributed by atoms with Gasteiger partial charge in [0.15, 0.2) is 11.5 Å². The third-order valence-corrected chi connectivity index (χ3v) is 6.97. The van der Waals surface area contributed by atoms with Crippen molar-refractivity contribution in [2.45, 2.75) is 37.6 Å². The number of ether oxygens (including phenoxy) is 2. The average Bonchev–Trinajstić information content (AvgIpc) is 3.17.